The lowest BCUT2D eigenvalue weighted by Gasteiger charge is -2.25. The molecule has 1 unspecified atom stereocenters. The van der Waals surface area contributed by atoms with Gasteiger partial charge in [-0.15, -0.1) is 12.4 Å². The zero-order chi connectivity index (χ0) is 15.1. The Morgan fingerprint density at radius 1 is 1.36 bits per heavy atom. The van der Waals surface area contributed by atoms with E-state index in [2.05, 4.69) is 44.6 Å². The van der Waals surface area contributed by atoms with Crippen molar-refractivity contribution in [2.24, 2.45) is 13.0 Å². The summed E-state index contributed by atoms with van der Waals surface area (Å²) in [7, 11) is 4.08. The quantitative estimate of drug-likeness (QED) is 0.818. The van der Waals surface area contributed by atoms with Crippen molar-refractivity contribution in [2.45, 2.75) is 12.8 Å². The van der Waals surface area contributed by atoms with Gasteiger partial charge in [0.25, 0.3) is 0 Å². The second-order valence-electron chi connectivity index (χ2n) is 5.90. The topological polar surface area (TPSA) is 45.5 Å². The molecule has 6 heteroatoms. The van der Waals surface area contributed by atoms with E-state index in [1.54, 1.807) is 0 Å². The maximum Gasteiger partial charge on any atom is 0.308 e. The highest BCUT2D eigenvalue weighted by Crippen LogP contribution is 2.31. The first-order valence-corrected chi connectivity index (χ1v) is 7.93. The highest BCUT2D eigenvalue weighted by atomic mass is 79.9. The molecule has 0 aliphatic carbocycles. The van der Waals surface area contributed by atoms with Crippen molar-refractivity contribution in [2.75, 3.05) is 20.1 Å². The lowest BCUT2D eigenvalue weighted by molar-refractivity contribution is -0.142. The molecule has 0 bridgehead atoms. The maximum atomic E-state index is 11.5. The van der Waals surface area contributed by atoms with Crippen molar-refractivity contribution in [1.29, 1.82) is 0 Å². The summed E-state index contributed by atoms with van der Waals surface area (Å²) in [5.41, 5.74) is 3.65. The van der Waals surface area contributed by atoms with Gasteiger partial charge in [-0.2, -0.15) is 0 Å². The van der Waals surface area contributed by atoms with Crippen molar-refractivity contribution in [1.82, 2.24) is 9.47 Å². The zero-order valence-corrected chi connectivity index (χ0v) is 15.1. The lowest BCUT2D eigenvalue weighted by atomic mass is 9.94. The summed E-state index contributed by atoms with van der Waals surface area (Å²) in [6.07, 6.45) is 1.56. The van der Waals surface area contributed by atoms with Crippen molar-refractivity contribution in [3.8, 4) is 0 Å². The molecule has 4 nitrogen and oxygen atoms in total. The van der Waals surface area contributed by atoms with Gasteiger partial charge in [0, 0.05) is 47.6 Å². The van der Waals surface area contributed by atoms with E-state index >= 15 is 0 Å². The molecule has 1 aromatic heterocycles. The van der Waals surface area contributed by atoms with Crippen molar-refractivity contribution in [3.05, 3.63) is 33.9 Å². The predicted octanol–water partition coefficient (Wildman–Crippen LogP) is 3.09. The van der Waals surface area contributed by atoms with Crippen LogP contribution in [0, 0.1) is 5.92 Å². The number of hydrogen-bond acceptors (Lipinski definition) is 2. The molecule has 0 saturated carbocycles. The third-order valence-corrected chi connectivity index (χ3v) is 4.95. The number of nitrogens with zero attached hydrogens (tertiary/aromatic N) is 2. The number of carboxylic acids is 1. The van der Waals surface area contributed by atoms with Gasteiger partial charge in [-0.3, -0.25) is 4.79 Å². The van der Waals surface area contributed by atoms with Crippen LogP contribution in [0.2, 0.25) is 0 Å². The summed E-state index contributed by atoms with van der Waals surface area (Å²) in [5, 5.41) is 10.7. The van der Waals surface area contributed by atoms with Crippen LogP contribution in [0.3, 0.4) is 0 Å². The average molecular weight is 388 g/mol. The van der Waals surface area contributed by atoms with Crippen LogP contribution < -0.4 is 0 Å². The SMILES string of the molecule is CN1CCc2c(c3cc(Br)ccc3n2C)CC(C(=O)O)C1.Cl. The van der Waals surface area contributed by atoms with E-state index in [0.717, 1.165) is 17.4 Å². The Labute approximate surface area is 144 Å². The highest BCUT2D eigenvalue weighted by molar-refractivity contribution is 9.10. The molecule has 2 aromatic rings. The molecule has 22 heavy (non-hydrogen) atoms. The summed E-state index contributed by atoms with van der Waals surface area (Å²) in [6, 6.07) is 6.25. The first-order valence-electron chi connectivity index (χ1n) is 7.14. The summed E-state index contributed by atoms with van der Waals surface area (Å²) in [4.78, 5) is 13.7. The van der Waals surface area contributed by atoms with Crippen molar-refractivity contribution < 1.29 is 9.90 Å². The summed E-state index contributed by atoms with van der Waals surface area (Å²) < 4.78 is 3.25. The molecule has 1 atom stereocenters. The van der Waals surface area contributed by atoms with Gasteiger partial charge in [-0.25, -0.2) is 0 Å². The van der Waals surface area contributed by atoms with Gasteiger partial charge < -0.3 is 14.6 Å². The second kappa shape index (κ2) is 6.60. The van der Waals surface area contributed by atoms with Crippen LogP contribution in [0.5, 0.6) is 0 Å². The van der Waals surface area contributed by atoms with Gasteiger partial charge in [0.15, 0.2) is 0 Å². The Morgan fingerprint density at radius 3 is 2.77 bits per heavy atom. The van der Waals surface area contributed by atoms with E-state index in [1.165, 1.54) is 22.2 Å². The highest BCUT2D eigenvalue weighted by Gasteiger charge is 2.27. The van der Waals surface area contributed by atoms with Crippen molar-refractivity contribution >= 4 is 45.2 Å². The minimum absolute atomic E-state index is 0. The average Bonchev–Trinajstić information content (AvgIpc) is 2.65. The van der Waals surface area contributed by atoms with Crippen LogP contribution in [-0.2, 0) is 24.7 Å². The van der Waals surface area contributed by atoms with Crippen LogP contribution in [0.1, 0.15) is 11.3 Å². The second-order valence-corrected chi connectivity index (χ2v) is 6.81. The van der Waals surface area contributed by atoms with E-state index < -0.39 is 5.97 Å². The number of halogens is 2. The lowest BCUT2D eigenvalue weighted by Crippen LogP contribution is -2.35. The number of rotatable bonds is 1. The summed E-state index contributed by atoms with van der Waals surface area (Å²) >= 11 is 3.52. The molecule has 0 amide bonds. The molecule has 0 saturated heterocycles. The normalized spacial score (nSPS) is 19.1. The molecule has 0 radical (unpaired) electrons. The Kier molecular flexibility index (Phi) is 5.20. The number of benzene rings is 1. The number of aromatic nitrogens is 1. The number of likely N-dealkylation sites (N-methyl/N-ethyl adjacent to an activating group) is 1. The molecular formula is C16H20BrClN2O2. The van der Waals surface area contributed by atoms with E-state index in [4.69, 9.17) is 0 Å². The van der Waals surface area contributed by atoms with E-state index in [0.29, 0.717) is 13.0 Å². The standard InChI is InChI=1S/C16H19BrN2O2.ClH/c1-18-6-5-15-12(7-10(9-18)16(20)21)13-8-11(17)3-4-14(13)19(15)2;/h3-4,8,10H,5-7,9H2,1-2H3,(H,20,21);1H. The first-order chi connectivity index (χ1) is 9.97. The Hall–Kier alpha value is -1.04. The van der Waals surface area contributed by atoms with Crippen LogP contribution in [0.4, 0.5) is 0 Å². The minimum atomic E-state index is -0.707. The number of aliphatic carboxylic acids is 1. The fourth-order valence-corrected chi connectivity index (χ4v) is 3.69. The third kappa shape index (κ3) is 3.03. The number of carboxylic acid groups (broad SMARTS) is 1. The monoisotopic (exact) mass is 386 g/mol. The summed E-state index contributed by atoms with van der Waals surface area (Å²) in [6.45, 7) is 1.50. The molecule has 2 heterocycles. The fourth-order valence-electron chi connectivity index (χ4n) is 3.33. The molecule has 1 aliphatic heterocycles. The molecule has 1 aliphatic rings. The third-order valence-electron chi connectivity index (χ3n) is 4.46. The molecular weight excluding hydrogens is 368 g/mol. The fraction of sp³-hybridized carbons (Fsp3) is 0.438. The number of fused-ring (bicyclic) bond motifs is 3. The first kappa shape index (κ1) is 17.3. The van der Waals surface area contributed by atoms with Gasteiger partial charge in [-0.05, 0) is 37.2 Å². The Bertz CT molecular complexity index is 714. The van der Waals surface area contributed by atoms with E-state index in [1.807, 2.05) is 13.1 Å². The number of carbonyl (C=O) groups is 1. The van der Waals surface area contributed by atoms with Crippen LogP contribution in [0.15, 0.2) is 22.7 Å². The Balaban J connectivity index is 0.00000176. The number of aryl methyl sites for hydroxylation is 1. The molecule has 0 fully saturated rings. The smallest absolute Gasteiger partial charge is 0.308 e. The van der Waals surface area contributed by atoms with Crippen LogP contribution >= 0.6 is 28.3 Å². The van der Waals surface area contributed by atoms with Crippen LogP contribution in [-0.4, -0.2) is 40.7 Å². The zero-order valence-electron chi connectivity index (χ0n) is 12.7. The minimum Gasteiger partial charge on any atom is -0.481 e. The van der Waals surface area contributed by atoms with Gasteiger partial charge >= 0.3 is 5.97 Å². The van der Waals surface area contributed by atoms with E-state index in [9.17, 15) is 9.90 Å². The van der Waals surface area contributed by atoms with Crippen molar-refractivity contribution in [3.63, 3.8) is 0 Å². The predicted molar refractivity (Wildman–Crippen MR) is 93.9 cm³/mol. The Morgan fingerprint density at radius 2 is 2.09 bits per heavy atom. The largest absolute Gasteiger partial charge is 0.481 e. The van der Waals surface area contributed by atoms with Gasteiger partial charge in [0.05, 0.1) is 5.92 Å². The van der Waals surface area contributed by atoms with Crippen LogP contribution in [0.25, 0.3) is 10.9 Å². The number of hydrogen-bond donors (Lipinski definition) is 1. The summed E-state index contributed by atoms with van der Waals surface area (Å²) in [5.74, 6) is -1.06. The molecule has 120 valence electrons. The van der Waals surface area contributed by atoms with E-state index in [-0.39, 0.29) is 18.3 Å². The molecule has 1 N–H and O–H groups in total. The molecule has 3 rings (SSSR count). The van der Waals surface area contributed by atoms with Gasteiger partial charge in [-0.1, -0.05) is 15.9 Å². The maximum absolute atomic E-state index is 11.5. The molecule has 1 aromatic carbocycles. The van der Waals surface area contributed by atoms with Gasteiger partial charge in [0.2, 0.25) is 0 Å². The molecule has 0 spiro atoms. The van der Waals surface area contributed by atoms with Gasteiger partial charge in [0.1, 0.15) is 0 Å².